The van der Waals surface area contributed by atoms with Crippen LogP contribution in [0.2, 0.25) is 0 Å². The van der Waals surface area contributed by atoms with Gasteiger partial charge in [0.1, 0.15) is 9.56 Å². The Hall–Kier alpha value is 0.170. The van der Waals surface area contributed by atoms with E-state index in [4.69, 9.17) is 0 Å². The molecule has 1 rings (SSSR count). The quantitative estimate of drug-likeness (QED) is 0.492. The standard InChI is InChI=1S/C7H10Br2N2/c1-4-7(9)11(3)5(2)6(8)10-4/h7H,1-3H3. The van der Waals surface area contributed by atoms with Crippen LogP contribution in [0.4, 0.5) is 0 Å². The van der Waals surface area contributed by atoms with E-state index in [1.807, 2.05) is 20.9 Å². The van der Waals surface area contributed by atoms with Gasteiger partial charge in [-0.1, -0.05) is 15.9 Å². The summed E-state index contributed by atoms with van der Waals surface area (Å²) in [5.41, 5.74) is 2.22. The van der Waals surface area contributed by atoms with Gasteiger partial charge in [-0.15, -0.1) is 0 Å². The molecule has 2 nitrogen and oxygen atoms in total. The minimum atomic E-state index is 0.240. The molecule has 1 aliphatic rings. The van der Waals surface area contributed by atoms with Crippen molar-refractivity contribution < 1.29 is 0 Å². The minimum Gasteiger partial charge on any atom is -0.358 e. The molecule has 0 aromatic heterocycles. The molecule has 0 radical (unpaired) electrons. The summed E-state index contributed by atoms with van der Waals surface area (Å²) < 4.78 is 0.924. The number of hydrogen-bond acceptors (Lipinski definition) is 2. The van der Waals surface area contributed by atoms with Crippen molar-refractivity contribution in [3.05, 3.63) is 10.3 Å². The van der Waals surface area contributed by atoms with Gasteiger partial charge in [-0.3, -0.25) is 0 Å². The average molecular weight is 282 g/mol. The molecule has 0 saturated carbocycles. The molecule has 0 aromatic rings. The summed E-state index contributed by atoms with van der Waals surface area (Å²) in [6.07, 6.45) is 0. The van der Waals surface area contributed by atoms with Crippen molar-refractivity contribution in [3.63, 3.8) is 0 Å². The highest BCUT2D eigenvalue weighted by atomic mass is 79.9. The molecule has 1 unspecified atom stereocenters. The Balaban J connectivity index is 3.01. The number of aliphatic imine (C=N–C) groups is 1. The van der Waals surface area contributed by atoms with E-state index in [2.05, 4.69) is 41.8 Å². The summed E-state index contributed by atoms with van der Waals surface area (Å²) in [4.78, 5) is 6.69. The number of alkyl halides is 1. The van der Waals surface area contributed by atoms with Crippen molar-refractivity contribution in [1.82, 2.24) is 4.90 Å². The number of rotatable bonds is 0. The van der Waals surface area contributed by atoms with Gasteiger partial charge in [-0.2, -0.15) is 0 Å². The van der Waals surface area contributed by atoms with E-state index in [1.54, 1.807) is 0 Å². The van der Waals surface area contributed by atoms with Crippen LogP contribution in [-0.4, -0.2) is 22.6 Å². The number of halogens is 2. The lowest BCUT2D eigenvalue weighted by Gasteiger charge is -2.29. The van der Waals surface area contributed by atoms with Gasteiger partial charge < -0.3 is 4.90 Å². The fourth-order valence-electron chi connectivity index (χ4n) is 0.885. The van der Waals surface area contributed by atoms with Crippen LogP contribution in [-0.2, 0) is 0 Å². The van der Waals surface area contributed by atoms with Gasteiger partial charge in [-0.25, -0.2) is 4.99 Å². The van der Waals surface area contributed by atoms with Crippen LogP contribution in [0.5, 0.6) is 0 Å². The second-order valence-corrected chi connectivity index (χ2v) is 4.19. The average Bonchev–Trinajstić information content (AvgIpc) is 1.97. The van der Waals surface area contributed by atoms with Crippen LogP contribution in [0.1, 0.15) is 13.8 Å². The largest absolute Gasteiger partial charge is 0.358 e. The maximum Gasteiger partial charge on any atom is 0.124 e. The van der Waals surface area contributed by atoms with Crippen molar-refractivity contribution >= 4 is 37.6 Å². The van der Waals surface area contributed by atoms with E-state index in [-0.39, 0.29) is 4.95 Å². The second-order valence-electron chi connectivity index (χ2n) is 2.58. The van der Waals surface area contributed by atoms with Gasteiger partial charge in [0, 0.05) is 18.5 Å². The van der Waals surface area contributed by atoms with Crippen LogP contribution in [0.25, 0.3) is 0 Å². The van der Waals surface area contributed by atoms with Gasteiger partial charge in [0.15, 0.2) is 0 Å². The van der Waals surface area contributed by atoms with Crippen LogP contribution in [0.15, 0.2) is 15.3 Å². The first kappa shape index (κ1) is 9.26. The molecule has 0 fully saturated rings. The minimum absolute atomic E-state index is 0.240. The summed E-state index contributed by atoms with van der Waals surface area (Å²) in [5, 5.41) is 0. The van der Waals surface area contributed by atoms with E-state index in [9.17, 15) is 0 Å². The maximum absolute atomic E-state index is 4.32. The van der Waals surface area contributed by atoms with Gasteiger partial charge in [0.2, 0.25) is 0 Å². The van der Waals surface area contributed by atoms with Gasteiger partial charge in [0.25, 0.3) is 0 Å². The van der Waals surface area contributed by atoms with E-state index in [0.717, 1.165) is 16.0 Å². The lowest BCUT2D eigenvalue weighted by Crippen LogP contribution is -2.33. The summed E-state index contributed by atoms with van der Waals surface area (Å²) in [5.74, 6) is 0. The molecule has 0 amide bonds. The Bertz CT molecular complexity index is 233. The fraction of sp³-hybridized carbons (Fsp3) is 0.571. The molecule has 0 spiro atoms. The highest BCUT2D eigenvalue weighted by molar-refractivity contribution is 9.11. The zero-order valence-corrected chi connectivity index (χ0v) is 9.90. The zero-order valence-electron chi connectivity index (χ0n) is 6.73. The third kappa shape index (κ3) is 1.67. The smallest absolute Gasteiger partial charge is 0.124 e. The number of hydrogen-bond donors (Lipinski definition) is 0. The molecule has 0 aromatic carbocycles. The first-order valence-electron chi connectivity index (χ1n) is 3.32. The van der Waals surface area contributed by atoms with Crippen molar-refractivity contribution in [3.8, 4) is 0 Å². The Kier molecular flexibility index (Phi) is 2.75. The molecule has 1 heterocycles. The zero-order chi connectivity index (χ0) is 8.59. The summed E-state index contributed by atoms with van der Waals surface area (Å²) in [6.45, 7) is 4.04. The first-order chi connectivity index (χ1) is 5.04. The Labute approximate surface area is 83.6 Å². The molecule has 11 heavy (non-hydrogen) atoms. The second kappa shape index (κ2) is 3.27. The van der Waals surface area contributed by atoms with Crippen LogP contribution in [0.3, 0.4) is 0 Å². The fourth-order valence-corrected chi connectivity index (χ4v) is 1.85. The molecular weight excluding hydrogens is 272 g/mol. The molecule has 0 N–H and O–H groups in total. The molecule has 4 heteroatoms. The highest BCUT2D eigenvalue weighted by Crippen LogP contribution is 2.26. The predicted octanol–water partition coefficient (Wildman–Crippen LogP) is 2.70. The number of allylic oxidation sites excluding steroid dienone is 1. The van der Waals surface area contributed by atoms with Crippen LogP contribution < -0.4 is 0 Å². The molecule has 0 bridgehead atoms. The predicted molar refractivity (Wildman–Crippen MR) is 55.2 cm³/mol. The van der Waals surface area contributed by atoms with E-state index >= 15 is 0 Å². The topological polar surface area (TPSA) is 15.6 Å². The van der Waals surface area contributed by atoms with Crippen molar-refractivity contribution in [2.24, 2.45) is 4.99 Å². The molecule has 62 valence electrons. The third-order valence-corrected chi connectivity index (χ3v) is 3.81. The van der Waals surface area contributed by atoms with Crippen LogP contribution >= 0.6 is 31.9 Å². The van der Waals surface area contributed by atoms with E-state index in [1.165, 1.54) is 0 Å². The first-order valence-corrected chi connectivity index (χ1v) is 5.03. The van der Waals surface area contributed by atoms with E-state index in [0.29, 0.717) is 0 Å². The Morgan fingerprint density at radius 3 is 2.55 bits per heavy atom. The molecule has 1 atom stereocenters. The summed E-state index contributed by atoms with van der Waals surface area (Å²) >= 11 is 6.92. The van der Waals surface area contributed by atoms with E-state index < -0.39 is 0 Å². The van der Waals surface area contributed by atoms with Gasteiger partial charge in [-0.05, 0) is 29.8 Å². The molecule has 0 aliphatic carbocycles. The SMILES string of the molecule is CC1=NC(Br)=C(C)N(C)C1Br. The molecule has 0 saturated heterocycles. The van der Waals surface area contributed by atoms with Crippen molar-refractivity contribution in [2.45, 2.75) is 18.8 Å². The third-order valence-electron chi connectivity index (χ3n) is 1.79. The highest BCUT2D eigenvalue weighted by Gasteiger charge is 2.20. The Morgan fingerprint density at radius 1 is 1.45 bits per heavy atom. The van der Waals surface area contributed by atoms with Crippen molar-refractivity contribution in [1.29, 1.82) is 0 Å². The lowest BCUT2D eigenvalue weighted by molar-refractivity contribution is 0.447. The van der Waals surface area contributed by atoms with Crippen LogP contribution in [0, 0.1) is 0 Å². The lowest BCUT2D eigenvalue weighted by atomic mass is 10.3. The maximum atomic E-state index is 4.32. The van der Waals surface area contributed by atoms with Crippen molar-refractivity contribution in [2.75, 3.05) is 7.05 Å². The summed E-state index contributed by atoms with van der Waals surface area (Å²) in [7, 11) is 2.04. The summed E-state index contributed by atoms with van der Waals surface area (Å²) in [6, 6.07) is 0. The van der Waals surface area contributed by atoms with Gasteiger partial charge in [0.05, 0.1) is 0 Å². The normalized spacial score (nSPS) is 25.7. The molecule has 1 aliphatic heterocycles. The van der Waals surface area contributed by atoms with Gasteiger partial charge >= 0.3 is 0 Å². The Morgan fingerprint density at radius 2 is 2.00 bits per heavy atom. The number of nitrogens with zero attached hydrogens (tertiary/aromatic N) is 2. The monoisotopic (exact) mass is 280 g/mol. The molecular formula is C7H10Br2N2.